The van der Waals surface area contributed by atoms with Crippen LogP contribution in [-0.2, 0) is 13.0 Å². The number of ether oxygens (including phenoxy) is 3. The summed E-state index contributed by atoms with van der Waals surface area (Å²) in [5.41, 5.74) is 7.97. The van der Waals surface area contributed by atoms with Crippen molar-refractivity contribution in [1.82, 2.24) is 4.98 Å². The van der Waals surface area contributed by atoms with Crippen LogP contribution in [0.4, 0.5) is 4.39 Å². The lowest BCUT2D eigenvalue weighted by Crippen LogP contribution is -2.04. The van der Waals surface area contributed by atoms with Gasteiger partial charge in [0.1, 0.15) is 11.6 Å². The molecule has 1 heterocycles. The molecule has 2 N–H and O–H groups in total. The van der Waals surface area contributed by atoms with Gasteiger partial charge in [0.05, 0.1) is 27.0 Å². The molecule has 136 valence electrons. The molecule has 0 amide bonds. The number of benzene rings is 2. The van der Waals surface area contributed by atoms with Crippen LogP contribution in [0.1, 0.15) is 16.8 Å². The highest BCUT2D eigenvalue weighted by Gasteiger charge is 2.15. The van der Waals surface area contributed by atoms with Gasteiger partial charge in [-0.2, -0.15) is 0 Å². The second-order valence-corrected chi connectivity index (χ2v) is 5.82. The number of nitrogens with zero attached hydrogens (tertiary/aromatic N) is 1. The minimum Gasteiger partial charge on any atom is -0.497 e. The average molecular weight is 356 g/mol. The summed E-state index contributed by atoms with van der Waals surface area (Å²) in [6.07, 6.45) is 2.04. The third-order valence-electron chi connectivity index (χ3n) is 4.39. The lowest BCUT2D eigenvalue weighted by Gasteiger charge is -2.14. The molecule has 6 heteroatoms. The predicted octanol–water partition coefficient (Wildman–Crippen LogP) is 3.45. The Morgan fingerprint density at radius 1 is 0.923 bits per heavy atom. The van der Waals surface area contributed by atoms with Crippen molar-refractivity contribution in [2.45, 2.75) is 13.0 Å². The molecule has 2 aromatic carbocycles. The number of fused-ring (bicyclic) bond motifs is 1. The van der Waals surface area contributed by atoms with E-state index in [-0.39, 0.29) is 5.82 Å². The fourth-order valence-electron chi connectivity index (χ4n) is 2.98. The Kier molecular flexibility index (Phi) is 5.23. The zero-order valence-electron chi connectivity index (χ0n) is 15.0. The largest absolute Gasteiger partial charge is 0.497 e. The van der Waals surface area contributed by atoms with Crippen LogP contribution in [0.5, 0.6) is 17.2 Å². The van der Waals surface area contributed by atoms with Gasteiger partial charge in [-0.05, 0) is 46.8 Å². The van der Waals surface area contributed by atoms with Gasteiger partial charge in [0, 0.05) is 24.5 Å². The summed E-state index contributed by atoms with van der Waals surface area (Å²) in [7, 11) is 4.71. The van der Waals surface area contributed by atoms with Gasteiger partial charge in [-0.25, -0.2) is 4.39 Å². The molecular formula is C20H21FN2O3. The van der Waals surface area contributed by atoms with Crippen molar-refractivity contribution in [1.29, 1.82) is 0 Å². The van der Waals surface area contributed by atoms with Crippen molar-refractivity contribution >= 4 is 10.8 Å². The SMILES string of the molecule is COc1ccc(F)c(Cc2ncc(CN)c3cc(OC)c(OC)cc23)c1. The lowest BCUT2D eigenvalue weighted by atomic mass is 9.99. The topological polar surface area (TPSA) is 66.6 Å². The zero-order valence-corrected chi connectivity index (χ0v) is 15.0. The molecule has 3 rings (SSSR count). The molecule has 0 aliphatic heterocycles. The van der Waals surface area contributed by atoms with E-state index in [9.17, 15) is 4.39 Å². The third-order valence-corrected chi connectivity index (χ3v) is 4.39. The predicted molar refractivity (Wildman–Crippen MR) is 98.5 cm³/mol. The molecule has 1 aromatic heterocycles. The van der Waals surface area contributed by atoms with Crippen molar-refractivity contribution in [3.63, 3.8) is 0 Å². The minimum absolute atomic E-state index is 0.302. The molecule has 0 saturated heterocycles. The summed E-state index contributed by atoms with van der Waals surface area (Å²) < 4.78 is 30.2. The fraction of sp³-hybridized carbons (Fsp3) is 0.250. The van der Waals surface area contributed by atoms with Crippen LogP contribution in [-0.4, -0.2) is 26.3 Å². The van der Waals surface area contributed by atoms with Gasteiger partial charge in [0.15, 0.2) is 11.5 Å². The number of aromatic nitrogens is 1. The summed E-state index contributed by atoms with van der Waals surface area (Å²) in [6, 6.07) is 8.40. The van der Waals surface area contributed by atoms with E-state index < -0.39 is 0 Å². The molecule has 0 radical (unpaired) electrons. The second kappa shape index (κ2) is 7.58. The summed E-state index contributed by atoms with van der Waals surface area (Å²) in [6.45, 7) is 0.340. The summed E-state index contributed by atoms with van der Waals surface area (Å²) >= 11 is 0. The van der Waals surface area contributed by atoms with Crippen molar-refractivity contribution in [3.05, 3.63) is 59.2 Å². The number of halogens is 1. The average Bonchev–Trinajstić information content (AvgIpc) is 2.68. The summed E-state index contributed by atoms with van der Waals surface area (Å²) in [5.74, 6) is 1.50. The molecular weight excluding hydrogens is 335 g/mol. The number of hydrogen-bond donors (Lipinski definition) is 1. The first kappa shape index (κ1) is 17.9. The normalized spacial score (nSPS) is 10.8. The molecule has 26 heavy (non-hydrogen) atoms. The van der Waals surface area contributed by atoms with Crippen molar-refractivity contribution in [3.8, 4) is 17.2 Å². The van der Waals surface area contributed by atoms with Crippen LogP contribution in [0.2, 0.25) is 0 Å². The van der Waals surface area contributed by atoms with E-state index in [1.807, 2.05) is 12.1 Å². The Hall–Kier alpha value is -2.86. The molecule has 0 aliphatic carbocycles. The van der Waals surface area contributed by atoms with Crippen molar-refractivity contribution < 1.29 is 18.6 Å². The van der Waals surface area contributed by atoms with Gasteiger partial charge in [-0.3, -0.25) is 4.98 Å². The number of methoxy groups -OCH3 is 3. The van der Waals surface area contributed by atoms with Crippen LogP contribution in [0.3, 0.4) is 0 Å². The van der Waals surface area contributed by atoms with E-state index in [0.29, 0.717) is 35.8 Å². The maximum atomic E-state index is 14.3. The van der Waals surface area contributed by atoms with Gasteiger partial charge in [-0.1, -0.05) is 0 Å². The highest BCUT2D eigenvalue weighted by molar-refractivity contribution is 5.90. The lowest BCUT2D eigenvalue weighted by molar-refractivity contribution is 0.356. The third kappa shape index (κ3) is 3.28. The van der Waals surface area contributed by atoms with Gasteiger partial charge < -0.3 is 19.9 Å². The molecule has 0 saturated carbocycles. The van der Waals surface area contributed by atoms with E-state index in [1.165, 1.54) is 6.07 Å². The molecule has 0 aliphatic rings. The van der Waals surface area contributed by atoms with Crippen molar-refractivity contribution in [2.75, 3.05) is 21.3 Å². The van der Waals surface area contributed by atoms with E-state index in [4.69, 9.17) is 19.9 Å². The van der Waals surface area contributed by atoms with Crippen molar-refractivity contribution in [2.24, 2.45) is 5.73 Å². The molecule has 0 unspecified atom stereocenters. The van der Waals surface area contributed by atoms with Crippen LogP contribution in [0.15, 0.2) is 36.5 Å². The molecule has 0 atom stereocenters. The fourth-order valence-corrected chi connectivity index (χ4v) is 2.98. The highest BCUT2D eigenvalue weighted by Crippen LogP contribution is 2.35. The number of rotatable bonds is 6. The maximum absolute atomic E-state index is 14.3. The Bertz CT molecular complexity index is 944. The Balaban J connectivity index is 2.17. The Morgan fingerprint density at radius 2 is 1.62 bits per heavy atom. The van der Waals surface area contributed by atoms with E-state index >= 15 is 0 Å². The van der Waals surface area contributed by atoms with E-state index in [2.05, 4.69) is 4.98 Å². The van der Waals surface area contributed by atoms with E-state index in [1.54, 1.807) is 39.7 Å². The van der Waals surface area contributed by atoms with Crippen LogP contribution in [0.25, 0.3) is 10.8 Å². The zero-order chi connectivity index (χ0) is 18.7. The van der Waals surface area contributed by atoms with Gasteiger partial charge in [-0.15, -0.1) is 0 Å². The second-order valence-electron chi connectivity index (χ2n) is 5.82. The summed E-state index contributed by atoms with van der Waals surface area (Å²) in [4.78, 5) is 4.52. The monoisotopic (exact) mass is 356 g/mol. The standard InChI is InChI=1S/C20H21FN2O3/c1-24-14-4-5-17(21)12(6-14)7-18-16-9-20(26-3)19(25-2)8-15(16)13(10-22)11-23-18/h4-6,8-9,11H,7,10,22H2,1-3H3. The first-order valence-corrected chi connectivity index (χ1v) is 8.16. The Labute approximate surface area is 151 Å². The minimum atomic E-state index is -0.302. The van der Waals surface area contributed by atoms with Crippen LogP contribution in [0, 0.1) is 5.82 Å². The number of pyridine rings is 1. The molecule has 0 spiro atoms. The molecule has 3 aromatic rings. The molecule has 0 bridgehead atoms. The van der Waals surface area contributed by atoms with E-state index in [0.717, 1.165) is 22.0 Å². The van der Waals surface area contributed by atoms with Gasteiger partial charge in [0.2, 0.25) is 0 Å². The first-order valence-electron chi connectivity index (χ1n) is 8.16. The number of nitrogens with two attached hydrogens (primary N) is 1. The molecule has 5 nitrogen and oxygen atoms in total. The van der Waals surface area contributed by atoms with Crippen LogP contribution < -0.4 is 19.9 Å². The quantitative estimate of drug-likeness (QED) is 0.733. The van der Waals surface area contributed by atoms with Crippen LogP contribution >= 0.6 is 0 Å². The maximum Gasteiger partial charge on any atom is 0.161 e. The summed E-state index contributed by atoms with van der Waals surface area (Å²) in [5, 5.41) is 1.77. The molecule has 0 fully saturated rings. The van der Waals surface area contributed by atoms with Gasteiger partial charge in [0.25, 0.3) is 0 Å². The highest BCUT2D eigenvalue weighted by atomic mass is 19.1. The first-order chi connectivity index (χ1) is 12.6. The van der Waals surface area contributed by atoms with Gasteiger partial charge >= 0.3 is 0 Å². The number of hydrogen-bond acceptors (Lipinski definition) is 5. The Morgan fingerprint density at radius 3 is 2.23 bits per heavy atom. The smallest absolute Gasteiger partial charge is 0.161 e.